The van der Waals surface area contributed by atoms with Crippen LogP contribution in [0.3, 0.4) is 0 Å². The smallest absolute Gasteiger partial charge is 0.440 e. The Labute approximate surface area is 260 Å². The maximum absolute atomic E-state index is 13.4. The molecule has 0 bridgehead atoms. The van der Waals surface area contributed by atoms with E-state index in [1.807, 2.05) is 78.9 Å². The molecule has 0 aliphatic heterocycles. The Kier molecular flexibility index (Phi) is 11.4. The van der Waals surface area contributed by atoms with E-state index in [0.717, 1.165) is 32.2 Å². The molecule has 0 saturated carbocycles. The predicted octanol–water partition coefficient (Wildman–Crippen LogP) is 4.51. The molecule has 3 aromatic carbocycles. The first kappa shape index (κ1) is 32.1. The lowest BCUT2D eigenvalue weighted by molar-refractivity contribution is -0.142. The zero-order chi connectivity index (χ0) is 31.5. The highest BCUT2D eigenvalue weighted by Gasteiger charge is 2.31. The van der Waals surface area contributed by atoms with Crippen molar-refractivity contribution < 1.29 is 33.4 Å². The second kappa shape index (κ2) is 15.6. The van der Waals surface area contributed by atoms with Crippen LogP contribution in [0.4, 0.5) is 9.59 Å². The Morgan fingerprint density at radius 3 is 2.16 bits per heavy atom. The van der Waals surface area contributed by atoms with Gasteiger partial charge in [-0.2, -0.15) is 0 Å². The third-order valence-electron chi connectivity index (χ3n) is 6.83. The van der Waals surface area contributed by atoms with Crippen molar-refractivity contribution in [2.45, 2.75) is 31.3 Å². The molecule has 2 atom stereocenters. The zero-order valence-corrected chi connectivity index (χ0v) is 25.2. The molecule has 12 heteroatoms. The minimum Gasteiger partial charge on any atom is -0.468 e. The molecule has 3 aromatic rings. The van der Waals surface area contributed by atoms with Gasteiger partial charge in [0.05, 0.1) is 19.2 Å². The van der Waals surface area contributed by atoms with Crippen LogP contribution in [0, 0.1) is 0 Å². The second-order valence-corrected chi connectivity index (χ2v) is 10.6. The molecule has 1 aliphatic rings. The van der Waals surface area contributed by atoms with E-state index in [9.17, 15) is 19.2 Å². The number of hydrogen-bond acceptors (Lipinski definition) is 9. The average Bonchev–Trinajstić information content (AvgIpc) is 3.37. The largest absolute Gasteiger partial charge is 0.468 e. The van der Waals surface area contributed by atoms with Crippen LogP contribution in [0.5, 0.6) is 0 Å². The van der Waals surface area contributed by atoms with Crippen molar-refractivity contribution in [1.29, 1.82) is 0 Å². The van der Waals surface area contributed by atoms with Gasteiger partial charge in [0.1, 0.15) is 25.3 Å². The number of fused-ring (bicyclic) bond motifs is 3. The van der Waals surface area contributed by atoms with Crippen molar-refractivity contribution in [2.75, 3.05) is 20.3 Å². The van der Waals surface area contributed by atoms with Crippen molar-refractivity contribution in [3.8, 4) is 11.1 Å². The Bertz CT molecular complexity index is 1440. The summed E-state index contributed by atoms with van der Waals surface area (Å²) in [4.78, 5) is 51.0. The van der Waals surface area contributed by atoms with Crippen LogP contribution in [0.1, 0.15) is 29.5 Å². The molecular formula is C32H34N4O7S. The van der Waals surface area contributed by atoms with Crippen molar-refractivity contribution >= 4 is 36.2 Å². The third kappa shape index (κ3) is 8.17. The number of ether oxygens (including phenoxy) is 3. The molecule has 3 amide bonds. The van der Waals surface area contributed by atoms with E-state index in [-0.39, 0.29) is 25.6 Å². The van der Waals surface area contributed by atoms with Crippen molar-refractivity contribution in [2.24, 2.45) is 0 Å². The molecule has 4 rings (SSSR count). The van der Waals surface area contributed by atoms with Crippen LogP contribution in [0.15, 0.2) is 91.5 Å². The maximum atomic E-state index is 13.4. The van der Waals surface area contributed by atoms with Crippen molar-refractivity contribution in [1.82, 2.24) is 19.9 Å². The summed E-state index contributed by atoms with van der Waals surface area (Å²) in [7, 11) is 1.26. The Balaban J connectivity index is 1.49. The van der Waals surface area contributed by atoms with E-state index in [1.54, 1.807) is 0 Å². The number of benzene rings is 3. The standard InChI is InChI=1S/C32H34N4O7S/c1-4-18-42-31(39)33-21(2)29(37)34-36(44-35-28(30(38)41-3)19-22-12-6-5-7-13-22)32(40)43-20-27-25-16-10-8-14-23(25)24-15-9-11-17-26(24)27/h4-17,21,27-28,35H,1,18-20H2,2-3H3,(H,33,39)(H,34,37)/t21-,28+/m0/s1. The van der Waals surface area contributed by atoms with Gasteiger partial charge in [-0.05, 0) is 41.2 Å². The summed E-state index contributed by atoms with van der Waals surface area (Å²) in [6.07, 6.45) is -0.0965. The van der Waals surface area contributed by atoms with Gasteiger partial charge >= 0.3 is 18.2 Å². The number of carbonyl (C=O) groups is 4. The molecule has 3 N–H and O–H groups in total. The van der Waals surface area contributed by atoms with Gasteiger partial charge in [-0.15, -0.1) is 4.41 Å². The van der Waals surface area contributed by atoms with E-state index in [2.05, 4.69) is 22.0 Å². The molecule has 1 aliphatic carbocycles. The van der Waals surface area contributed by atoms with Gasteiger partial charge < -0.3 is 19.5 Å². The fourth-order valence-corrected chi connectivity index (χ4v) is 5.33. The van der Waals surface area contributed by atoms with E-state index >= 15 is 0 Å². The molecule has 0 radical (unpaired) electrons. The lowest BCUT2D eigenvalue weighted by atomic mass is 9.98. The molecule has 0 heterocycles. The Morgan fingerprint density at radius 1 is 0.932 bits per heavy atom. The number of alkyl carbamates (subject to hydrolysis) is 1. The molecule has 230 valence electrons. The molecule has 0 fully saturated rings. The van der Waals surface area contributed by atoms with Gasteiger partial charge in [0, 0.05) is 5.92 Å². The summed E-state index contributed by atoms with van der Waals surface area (Å²) in [5.41, 5.74) is 7.47. The molecule has 0 saturated heterocycles. The summed E-state index contributed by atoms with van der Waals surface area (Å²) in [5.74, 6) is -1.52. The second-order valence-electron chi connectivity index (χ2n) is 9.80. The number of nitrogens with zero attached hydrogens (tertiary/aromatic N) is 1. The summed E-state index contributed by atoms with van der Waals surface area (Å²) in [6.45, 7) is 4.85. The van der Waals surface area contributed by atoms with Gasteiger partial charge in [0.25, 0.3) is 5.91 Å². The Morgan fingerprint density at radius 2 is 1.55 bits per heavy atom. The van der Waals surface area contributed by atoms with Crippen LogP contribution in [-0.4, -0.2) is 60.9 Å². The number of rotatable bonds is 12. The molecule has 0 aromatic heterocycles. The first-order valence-electron chi connectivity index (χ1n) is 13.9. The van der Waals surface area contributed by atoms with E-state index in [4.69, 9.17) is 14.2 Å². The molecule has 0 unspecified atom stereocenters. The third-order valence-corrected chi connectivity index (χ3v) is 7.64. The average molecular weight is 619 g/mol. The first-order valence-corrected chi connectivity index (χ1v) is 14.6. The summed E-state index contributed by atoms with van der Waals surface area (Å²) < 4.78 is 19.3. The van der Waals surface area contributed by atoms with Crippen LogP contribution < -0.4 is 15.5 Å². The van der Waals surface area contributed by atoms with Gasteiger partial charge in [-0.25, -0.2) is 19.7 Å². The normalized spacial score (nSPS) is 13.0. The molecule has 0 spiro atoms. The number of esters is 1. The lowest BCUT2D eigenvalue weighted by Crippen LogP contribution is -2.52. The summed E-state index contributed by atoms with van der Waals surface area (Å²) in [5, 5.41) is 2.38. The SMILES string of the molecule is C=CCOC(=O)N[C@@H](C)C(=O)NN(SN[C@H](Cc1ccccc1)C(=O)OC)C(=O)OCC1c2ccccc2-c2ccccc21. The first-order chi connectivity index (χ1) is 21.3. The minimum atomic E-state index is -1.09. The van der Waals surface area contributed by atoms with E-state index in [0.29, 0.717) is 12.1 Å². The van der Waals surface area contributed by atoms with Crippen molar-refractivity contribution in [3.05, 3.63) is 108 Å². The number of hydrazine groups is 1. The van der Waals surface area contributed by atoms with Gasteiger partial charge in [-0.1, -0.05) is 91.5 Å². The minimum absolute atomic E-state index is 0.00802. The number of amides is 3. The number of carbonyl (C=O) groups excluding carboxylic acids is 4. The van der Waals surface area contributed by atoms with Crippen LogP contribution in [-0.2, 0) is 30.2 Å². The zero-order valence-electron chi connectivity index (χ0n) is 24.4. The quantitative estimate of drug-likeness (QED) is 0.0881. The fourth-order valence-electron chi connectivity index (χ4n) is 4.66. The van der Waals surface area contributed by atoms with Crippen LogP contribution in [0.2, 0.25) is 0 Å². The lowest BCUT2D eigenvalue weighted by Gasteiger charge is -2.25. The number of nitrogens with one attached hydrogen (secondary N) is 3. The highest BCUT2D eigenvalue weighted by Crippen LogP contribution is 2.44. The highest BCUT2D eigenvalue weighted by atomic mass is 32.2. The van der Waals surface area contributed by atoms with Crippen LogP contribution in [0.25, 0.3) is 11.1 Å². The van der Waals surface area contributed by atoms with E-state index < -0.39 is 36.1 Å². The summed E-state index contributed by atoms with van der Waals surface area (Å²) in [6, 6.07) is 23.1. The van der Waals surface area contributed by atoms with Gasteiger partial charge in [0.2, 0.25) is 0 Å². The number of methoxy groups -OCH3 is 1. The van der Waals surface area contributed by atoms with Crippen LogP contribution >= 0.6 is 12.1 Å². The van der Waals surface area contributed by atoms with Gasteiger partial charge in [-0.3, -0.25) is 9.59 Å². The molecule has 44 heavy (non-hydrogen) atoms. The fraction of sp³-hybridized carbons (Fsp3) is 0.250. The number of hydrogen-bond donors (Lipinski definition) is 3. The van der Waals surface area contributed by atoms with Gasteiger partial charge in [0.15, 0.2) is 0 Å². The maximum Gasteiger partial charge on any atom is 0.440 e. The van der Waals surface area contributed by atoms with E-state index in [1.165, 1.54) is 20.1 Å². The molecule has 11 nitrogen and oxygen atoms in total. The topological polar surface area (TPSA) is 135 Å². The predicted molar refractivity (Wildman–Crippen MR) is 166 cm³/mol. The Hall–Kier alpha value is -4.81. The molecular weight excluding hydrogens is 584 g/mol. The van der Waals surface area contributed by atoms with Crippen molar-refractivity contribution in [3.63, 3.8) is 0 Å². The summed E-state index contributed by atoms with van der Waals surface area (Å²) >= 11 is 0.652. The monoisotopic (exact) mass is 618 g/mol. The highest BCUT2D eigenvalue weighted by molar-refractivity contribution is 7.95.